The zero-order valence-electron chi connectivity index (χ0n) is 28.7. The molecular weight excluding hydrogens is 713 g/mol. The number of ether oxygens (including phenoxy) is 3. The Morgan fingerprint density at radius 3 is 2.10 bits per heavy atom. The first-order valence-corrected chi connectivity index (χ1v) is 18.7. The highest BCUT2D eigenvalue weighted by molar-refractivity contribution is 7.92. The Balaban J connectivity index is 1.63. The predicted octanol–water partition coefficient (Wildman–Crippen LogP) is 6.91. The summed E-state index contributed by atoms with van der Waals surface area (Å²) >= 11 is 12.8. The molecule has 4 aromatic carbocycles. The van der Waals surface area contributed by atoms with Gasteiger partial charge in [-0.1, -0.05) is 78.5 Å². The van der Waals surface area contributed by atoms with Gasteiger partial charge in [0, 0.05) is 35.1 Å². The third-order valence-electron chi connectivity index (χ3n) is 8.85. The normalized spacial score (nSPS) is 13.7. The van der Waals surface area contributed by atoms with Gasteiger partial charge < -0.3 is 24.4 Å². The van der Waals surface area contributed by atoms with E-state index in [9.17, 15) is 18.0 Å². The number of methoxy groups -OCH3 is 3. The molecule has 0 spiro atoms. The highest BCUT2D eigenvalue weighted by Crippen LogP contribution is 2.37. The number of halogens is 2. The van der Waals surface area contributed by atoms with Gasteiger partial charge in [-0.15, -0.1) is 0 Å². The largest absolute Gasteiger partial charge is 0.495 e. The summed E-state index contributed by atoms with van der Waals surface area (Å²) in [6.07, 6.45) is 3.89. The number of carbonyl (C=O) groups is 2. The molecule has 0 unspecified atom stereocenters. The van der Waals surface area contributed by atoms with Crippen molar-refractivity contribution < 1.29 is 32.2 Å². The molecule has 0 aliphatic heterocycles. The number of carbonyl (C=O) groups excluding carboxylic acids is 2. The van der Waals surface area contributed by atoms with Crippen LogP contribution >= 0.6 is 23.2 Å². The fourth-order valence-corrected chi connectivity index (χ4v) is 8.04. The van der Waals surface area contributed by atoms with Crippen LogP contribution in [0.3, 0.4) is 0 Å². The first-order valence-electron chi connectivity index (χ1n) is 16.5. The van der Waals surface area contributed by atoms with E-state index in [0.29, 0.717) is 16.3 Å². The molecule has 1 N–H and O–H groups in total. The Labute approximate surface area is 309 Å². The van der Waals surface area contributed by atoms with E-state index in [1.165, 1.54) is 56.6 Å². The summed E-state index contributed by atoms with van der Waals surface area (Å²) in [7, 11) is -0.272. The third kappa shape index (κ3) is 9.27. The molecule has 0 radical (unpaired) electrons. The van der Waals surface area contributed by atoms with Gasteiger partial charge in [-0.3, -0.25) is 13.9 Å². The number of sulfonamides is 1. The Morgan fingerprint density at radius 2 is 1.43 bits per heavy atom. The summed E-state index contributed by atoms with van der Waals surface area (Å²) < 4.78 is 46.5. The van der Waals surface area contributed by atoms with Crippen LogP contribution < -0.4 is 23.8 Å². The number of benzene rings is 4. The lowest BCUT2D eigenvalue weighted by Crippen LogP contribution is -2.54. The van der Waals surface area contributed by atoms with Crippen molar-refractivity contribution in [1.29, 1.82) is 0 Å². The highest BCUT2D eigenvalue weighted by atomic mass is 35.5. The minimum absolute atomic E-state index is 0.0171. The van der Waals surface area contributed by atoms with Crippen molar-refractivity contribution in [2.75, 3.05) is 32.2 Å². The SMILES string of the molecule is COc1ccc(S(=O)(=O)N(CC(=O)N(Cc2cccc(Cl)c2)[C@H](Cc2ccccc2)C(=O)NC2CCCC2)c2cc(Cl)ccc2OC)cc1OC. The van der Waals surface area contributed by atoms with E-state index < -0.39 is 28.5 Å². The van der Waals surface area contributed by atoms with Crippen molar-refractivity contribution in [3.63, 3.8) is 0 Å². The molecule has 1 aliphatic rings. The summed E-state index contributed by atoms with van der Waals surface area (Å²) in [5.74, 6) is -0.294. The van der Waals surface area contributed by atoms with Gasteiger partial charge in [0.25, 0.3) is 10.0 Å². The lowest BCUT2D eigenvalue weighted by molar-refractivity contribution is -0.140. The molecule has 0 aromatic heterocycles. The van der Waals surface area contributed by atoms with E-state index in [1.807, 2.05) is 30.3 Å². The van der Waals surface area contributed by atoms with E-state index in [1.54, 1.807) is 30.3 Å². The maximum absolute atomic E-state index is 14.9. The fourth-order valence-electron chi connectivity index (χ4n) is 6.23. The van der Waals surface area contributed by atoms with E-state index in [-0.39, 0.29) is 52.0 Å². The molecule has 2 amide bonds. The fraction of sp³-hybridized carbons (Fsp3) is 0.316. The van der Waals surface area contributed by atoms with E-state index in [2.05, 4.69) is 5.32 Å². The molecule has 0 bridgehead atoms. The molecule has 0 heterocycles. The van der Waals surface area contributed by atoms with Crippen molar-refractivity contribution in [2.45, 2.75) is 55.6 Å². The average Bonchev–Trinajstić information content (AvgIpc) is 3.65. The van der Waals surface area contributed by atoms with Gasteiger partial charge in [-0.2, -0.15) is 0 Å². The van der Waals surface area contributed by atoms with Crippen molar-refractivity contribution >= 4 is 50.7 Å². The zero-order chi connectivity index (χ0) is 36.5. The monoisotopic (exact) mass is 753 g/mol. The molecule has 51 heavy (non-hydrogen) atoms. The molecule has 270 valence electrons. The number of nitrogens with zero attached hydrogens (tertiary/aromatic N) is 2. The molecule has 1 atom stereocenters. The molecule has 10 nitrogen and oxygen atoms in total. The molecule has 4 aromatic rings. The Kier molecular flexibility index (Phi) is 12.7. The smallest absolute Gasteiger partial charge is 0.265 e. The van der Waals surface area contributed by atoms with Gasteiger partial charge in [-0.25, -0.2) is 8.42 Å². The standard InChI is InChI=1S/C38H41Cl2N3O7S/c1-48-34-18-16-29(40)22-32(34)43(51(46,47)31-17-19-35(49-2)36(23-31)50-3)25-37(44)42(24-27-12-9-13-28(39)20-27)33(21-26-10-5-4-6-11-26)38(45)41-30-14-7-8-15-30/h4-6,9-13,16-20,22-23,30,33H,7-8,14-15,21,24-25H2,1-3H3,(H,41,45)/t33-/m1/s1. The van der Waals surface area contributed by atoms with Crippen LogP contribution in [0.15, 0.2) is 95.9 Å². The van der Waals surface area contributed by atoms with Crippen molar-refractivity contribution in [2.24, 2.45) is 0 Å². The average molecular weight is 755 g/mol. The van der Waals surface area contributed by atoms with Gasteiger partial charge >= 0.3 is 0 Å². The molecule has 5 rings (SSSR count). The predicted molar refractivity (Wildman–Crippen MR) is 198 cm³/mol. The number of nitrogens with one attached hydrogen (secondary N) is 1. The summed E-state index contributed by atoms with van der Waals surface area (Å²) in [6, 6.07) is 24.0. The van der Waals surface area contributed by atoms with Crippen LogP contribution in [0.4, 0.5) is 5.69 Å². The first-order chi connectivity index (χ1) is 24.5. The van der Waals surface area contributed by atoms with Crippen LogP contribution in [-0.2, 0) is 32.6 Å². The lowest BCUT2D eigenvalue weighted by atomic mass is 10.0. The summed E-state index contributed by atoms with van der Waals surface area (Å²) in [6.45, 7) is -0.720. The second-order valence-electron chi connectivity index (χ2n) is 12.2. The minimum atomic E-state index is -4.50. The first kappa shape index (κ1) is 37.8. The molecule has 1 fully saturated rings. The number of amides is 2. The van der Waals surface area contributed by atoms with Crippen molar-refractivity contribution in [3.05, 3.63) is 112 Å². The van der Waals surface area contributed by atoms with Crippen LogP contribution in [0.2, 0.25) is 10.0 Å². The van der Waals surface area contributed by atoms with Gasteiger partial charge in [0.15, 0.2) is 11.5 Å². The van der Waals surface area contributed by atoms with E-state index in [0.717, 1.165) is 35.6 Å². The number of hydrogen-bond acceptors (Lipinski definition) is 7. The Morgan fingerprint density at radius 1 is 0.784 bits per heavy atom. The summed E-state index contributed by atoms with van der Waals surface area (Å²) in [5, 5.41) is 3.84. The zero-order valence-corrected chi connectivity index (χ0v) is 31.0. The van der Waals surface area contributed by atoms with Crippen molar-refractivity contribution in [3.8, 4) is 17.2 Å². The second-order valence-corrected chi connectivity index (χ2v) is 14.9. The van der Waals surface area contributed by atoms with E-state index >= 15 is 0 Å². The Bertz CT molecular complexity index is 1940. The molecule has 1 saturated carbocycles. The van der Waals surface area contributed by atoms with Gasteiger partial charge in [-0.05, 0) is 66.4 Å². The van der Waals surface area contributed by atoms with Crippen LogP contribution in [0.5, 0.6) is 17.2 Å². The maximum atomic E-state index is 14.9. The number of rotatable bonds is 15. The minimum Gasteiger partial charge on any atom is -0.495 e. The molecule has 13 heteroatoms. The van der Waals surface area contributed by atoms with Crippen LogP contribution in [0.25, 0.3) is 0 Å². The second kappa shape index (κ2) is 17.2. The summed E-state index contributed by atoms with van der Waals surface area (Å²) in [5.41, 5.74) is 1.53. The van der Waals surface area contributed by atoms with Gasteiger partial charge in [0.05, 0.1) is 31.9 Å². The third-order valence-corrected chi connectivity index (χ3v) is 11.1. The summed E-state index contributed by atoms with van der Waals surface area (Å²) in [4.78, 5) is 30.4. The van der Waals surface area contributed by atoms with Crippen LogP contribution in [0, 0.1) is 0 Å². The lowest BCUT2D eigenvalue weighted by Gasteiger charge is -2.34. The van der Waals surface area contributed by atoms with Crippen LogP contribution in [0.1, 0.15) is 36.8 Å². The molecule has 1 aliphatic carbocycles. The van der Waals surface area contributed by atoms with E-state index in [4.69, 9.17) is 37.4 Å². The Hall–Kier alpha value is -4.45. The topological polar surface area (TPSA) is 114 Å². The quantitative estimate of drug-likeness (QED) is 0.140. The molecular formula is C38H41Cl2N3O7S. The number of anilines is 1. The molecule has 0 saturated heterocycles. The van der Waals surface area contributed by atoms with Gasteiger partial charge in [0.1, 0.15) is 18.3 Å². The highest BCUT2D eigenvalue weighted by Gasteiger charge is 2.37. The number of hydrogen-bond donors (Lipinski definition) is 1. The van der Waals surface area contributed by atoms with Crippen LogP contribution in [-0.4, -0.2) is 65.1 Å². The van der Waals surface area contributed by atoms with Crippen molar-refractivity contribution in [1.82, 2.24) is 10.2 Å². The maximum Gasteiger partial charge on any atom is 0.265 e. The van der Waals surface area contributed by atoms with Gasteiger partial charge in [0.2, 0.25) is 11.8 Å².